The first kappa shape index (κ1) is 17.2. The average molecular weight is 389 g/mol. The molecular weight excluding hydrogens is 368 g/mol. The fourth-order valence-electron chi connectivity index (χ4n) is 3.14. The SMILES string of the molecule is COc1ccc2nc(N3CCCC(C(=O)Nc4nc(C)cs4)C3)sc2c1. The van der Waals surface area contributed by atoms with Crippen LogP contribution in [-0.2, 0) is 4.79 Å². The number of carbonyl (C=O) groups excluding carboxylic acids is 1. The Bertz CT molecular complexity index is 936. The van der Waals surface area contributed by atoms with Crippen LogP contribution in [0.5, 0.6) is 5.75 Å². The molecule has 0 spiro atoms. The van der Waals surface area contributed by atoms with E-state index in [9.17, 15) is 4.79 Å². The number of aryl methyl sites for hydroxylation is 1. The van der Waals surface area contributed by atoms with Crippen molar-refractivity contribution in [1.82, 2.24) is 9.97 Å². The third-order valence-corrected chi connectivity index (χ3v) is 6.45. The molecule has 0 aliphatic carbocycles. The number of amides is 1. The average Bonchev–Trinajstić information content (AvgIpc) is 3.27. The smallest absolute Gasteiger partial charge is 0.231 e. The Morgan fingerprint density at radius 1 is 1.38 bits per heavy atom. The number of thiazole rings is 2. The Morgan fingerprint density at radius 3 is 3.04 bits per heavy atom. The Balaban J connectivity index is 1.48. The number of anilines is 2. The first-order chi connectivity index (χ1) is 12.6. The van der Waals surface area contributed by atoms with Crippen LogP contribution in [0.2, 0.25) is 0 Å². The highest BCUT2D eigenvalue weighted by Crippen LogP contribution is 2.33. The van der Waals surface area contributed by atoms with Gasteiger partial charge in [0.1, 0.15) is 5.75 Å². The third-order valence-electron chi connectivity index (χ3n) is 4.50. The zero-order chi connectivity index (χ0) is 18.1. The minimum atomic E-state index is -0.0468. The third kappa shape index (κ3) is 3.52. The van der Waals surface area contributed by atoms with E-state index in [4.69, 9.17) is 9.72 Å². The maximum absolute atomic E-state index is 12.6. The Labute approximate surface area is 159 Å². The first-order valence-corrected chi connectivity index (χ1v) is 10.2. The van der Waals surface area contributed by atoms with E-state index in [0.29, 0.717) is 11.7 Å². The highest BCUT2D eigenvalue weighted by Gasteiger charge is 2.28. The fourth-order valence-corrected chi connectivity index (χ4v) is 4.86. The van der Waals surface area contributed by atoms with Crippen LogP contribution >= 0.6 is 22.7 Å². The summed E-state index contributed by atoms with van der Waals surface area (Å²) in [6, 6.07) is 5.91. The van der Waals surface area contributed by atoms with E-state index in [1.54, 1.807) is 18.4 Å². The molecule has 8 heteroatoms. The summed E-state index contributed by atoms with van der Waals surface area (Å²) < 4.78 is 6.39. The van der Waals surface area contributed by atoms with Gasteiger partial charge >= 0.3 is 0 Å². The summed E-state index contributed by atoms with van der Waals surface area (Å²) in [5.74, 6) is 0.837. The topological polar surface area (TPSA) is 67.3 Å². The van der Waals surface area contributed by atoms with Gasteiger partial charge in [0.15, 0.2) is 10.3 Å². The van der Waals surface area contributed by atoms with Crippen LogP contribution in [0, 0.1) is 12.8 Å². The molecule has 0 bridgehead atoms. The van der Waals surface area contributed by atoms with Gasteiger partial charge in [-0.05, 0) is 38.0 Å². The number of rotatable bonds is 4. The quantitative estimate of drug-likeness (QED) is 0.734. The van der Waals surface area contributed by atoms with Crippen molar-refractivity contribution in [2.24, 2.45) is 5.92 Å². The number of aromatic nitrogens is 2. The normalized spacial score (nSPS) is 17.5. The first-order valence-electron chi connectivity index (χ1n) is 8.55. The number of ether oxygens (including phenoxy) is 1. The number of hydrogen-bond acceptors (Lipinski definition) is 7. The molecule has 0 saturated carbocycles. The van der Waals surface area contributed by atoms with E-state index in [0.717, 1.165) is 46.2 Å². The van der Waals surface area contributed by atoms with Crippen molar-refractivity contribution in [3.05, 3.63) is 29.3 Å². The van der Waals surface area contributed by atoms with Gasteiger partial charge in [0.25, 0.3) is 0 Å². The molecule has 3 heterocycles. The van der Waals surface area contributed by atoms with Gasteiger partial charge in [-0.2, -0.15) is 0 Å². The molecular formula is C18H20N4O2S2. The van der Waals surface area contributed by atoms with Crippen molar-refractivity contribution in [2.45, 2.75) is 19.8 Å². The number of nitrogens with one attached hydrogen (secondary N) is 1. The van der Waals surface area contributed by atoms with E-state index >= 15 is 0 Å². The molecule has 0 radical (unpaired) electrons. The summed E-state index contributed by atoms with van der Waals surface area (Å²) in [4.78, 5) is 23.9. The summed E-state index contributed by atoms with van der Waals surface area (Å²) in [7, 11) is 1.67. The Morgan fingerprint density at radius 2 is 2.27 bits per heavy atom. The predicted molar refractivity (Wildman–Crippen MR) is 107 cm³/mol. The van der Waals surface area contributed by atoms with Gasteiger partial charge in [-0.15, -0.1) is 11.3 Å². The van der Waals surface area contributed by atoms with E-state index in [-0.39, 0.29) is 11.8 Å². The number of nitrogens with zero attached hydrogens (tertiary/aromatic N) is 3. The van der Waals surface area contributed by atoms with E-state index in [1.165, 1.54) is 11.3 Å². The van der Waals surface area contributed by atoms with Crippen molar-refractivity contribution in [3.63, 3.8) is 0 Å². The molecule has 1 amide bonds. The molecule has 1 aliphatic heterocycles. The van der Waals surface area contributed by atoms with Gasteiger partial charge in [0, 0.05) is 18.5 Å². The molecule has 4 rings (SSSR count). The minimum absolute atomic E-state index is 0.0468. The predicted octanol–water partition coefficient (Wildman–Crippen LogP) is 3.92. The largest absolute Gasteiger partial charge is 0.497 e. The summed E-state index contributed by atoms with van der Waals surface area (Å²) in [6.45, 7) is 3.54. The summed E-state index contributed by atoms with van der Waals surface area (Å²) in [6.07, 6.45) is 1.87. The maximum Gasteiger partial charge on any atom is 0.231 e. The zero-order valence-corrected chi connectivity index (χ0v) is 16.3. The fraction of sp³-hybridized carbons (Fsp3) is 0.389. The van der Waals surface area contributed by atoms with Crippen molar-refractivity contribution in [3.8, 4) is 5.75 Å². The highest BCUT2D eigenvalue weighted by atomic mass is 32.1. The van der Waals surface area contributed by atoms with Crippen molar-refractivity contribution >= 4 is 49.1 Å². The number of benzene rings is 1. The van der Waals surface area contributed by atoms with Gasteiger partial charge in [-0.1, -0.05) is 11.3 Å². The van der Waals surface area contributed by atoms with Crippen LogP contribution < -0.4 is 15.0 Å². The maximum atomic E-state index is 12.6. The van der Waals surface area contributed by atoms with E-state index in [2.05, 4.69) is 15.2 Å². The summed E-state index contributed by atoms with van der Waals surface area (Å²) in [5, 5.41) is 6.54. The molecule has 6 nitrogen and oxygen atoms in total. The second-order valence-corrected chi connectivity index (χ2v) is 8.27. The van der Waals surface area contributed by atoms with Gasteiger partial charge in [0.05, 0.1) is 28.9 Å². The number of piperidine rings is 1. The summed E-state index contributed by atoms with van der Waals surface area (Å²) in [5.41, 5.74) is 1.90. The number of hydrogen-bond donors (Lipinski definition) is 1. The molecule has 1 atom stereocenters. The molecule has 1 N–H and O–H groups in total. The Kier molecular flexibility index (Phi) is 4.78. The Hall–Kier alpha value is -2.19. The van der Waals surface area contributed by atoms with Crippen LogP contribution in [-0.4, -0.2) is 36.1 Å². The number of methoxy groups -OCH3 is 1. The zero-order valence-electron chi connectivity index (χ0n) is 14.7. The molecule has 1 fully saturated rings. The van der Waals surface area contributed by atoms with Crippen molar-refractivity contribution < 1.29 is 9.53 Å². The molecule has 136 valence electrons. The van der Waals surface area contributed by atoms with Gasteiger partial charge in [-0.25, -0.2) is 9.97 Å². The molecule has 2 aromatic heterocycles. The molecule has 3 aromatic rings. The van der Waals surface area contributed by atoms with Crippen LogP contribution in [0.1, 0.15) is 18.5 Å². The van der Waals surface area contributed by atoms with Crippen LogP contribution in [0.3, 0.4) is 0 Å². The second kappa shape index (κ2) is 7.20. The molecule has 1 saturated heterocycles. The molecule has 26 heavy (non-hydrogen) atoms. The van der Waals surface area contributed by atoms with Crippen LogP contribution in [0.25, 0.3) is 10.2 Å². The standard InChI is InChI=1S/C18H20N4O2S2/c1-11-10-25-17(19-11)21-16(23)12-4-3-7-22(9-12)18-20-14-6-5-13(24-2)8-15(14)26-18/h5-6,8,10,12H,3-4,7,9H2,1-2H3,(H,19,21,23). The van der Waals surface area contributed by atoms with E-state index in [1.807, 2.05) is 30.5 Å². The lowest BCUT2D eigenvalue weighted by Gasteiger charge is -2.31. The highest BCUT2D eigenvalue weighted by molar-refractivity contribution is 7.22. The summed E-state index contributed by atoms with van der Waals surface area (Å²) >= 11 is 3.11. The van der Waals surface area contributed by atoms with Crippen LogP contribution in [0.15, 0.2) is 23.6 Å². The van der Waals surface area contributed by atoms with Crippen molar-refractivity contribution in [2.75, 3.05) is 30.4 Å². The van der Waals surface area contributed by atoms with E-state index < -0.39 is 0 Å². The molecule has 1 unspecified atom stereocenters. The monoisotopic (exact) mass is 388 g/mol. The minimum Gasteiger partial charge on any atom is -0.497 e. The molecule has 1 aliphatic rings. The lowest BCUT2D eigenvalue weighted by molar-refractivity contribution is -0.120. The van der Waals surface area contributed by atoms with Crippen molar-refractivity contribution in [1.29, 1.82) is 0 Å². The van der Waals surface area contributed by atoms with Gasteiger partial charge in [0.2, 0.25) is 5.91 Å². The number of carbonyl (C=O) groups is 1. The lowest BCUT2D eigenvalue weighted by Crippen LogP contribution is -2.40. The second-order valence-electron chi connectivity index (χ2n) is 6.40. The molecule has 1 aromatic carbocycles. The van der Waals surface area contributed by atoms with Crippen LogP contribution in [0.4, 0.5) is 10.3 Å². The van der Waals surface area contributed by atoms with Gasteiger partial charge in [-0.3, -0.25) is 4.79 Å². The van der Waals surface area contributed by atoms with Gasteiger partial charge < -0.3 is 15.0 Å². The number of fused-ring (bicyclic) bond motifs is 1. The lowest BCUT2D eigenvalue weighted by atomic mass is 9.97.